The number of carbonyl (C=O) groups is 3. The maximum atomic E-state index is 14.2. The van der Waals surface area contributed by atoms with E-state index in [9.17, 15) is 14.4 Å². The Kier molecular flexibility index (Phi) is 7.28. The largest absolute Gasteiger partial charge is 0.376 e. The molecule has 4 aliphatic heterocycles. The Morgan fingerprint density at radius 3 is 2.55 bits per heavy atom. The van der Waals surface area contributed by atoms with Crippen molar-refractivity contribution in [2.75, 3.05) is 18.5 Å². The molecule has 2 N–H and O–H groups in total. The van der Waals surface area contributed by atoms with Gasteiger partial charge in [-0.1, -0.05) is 64.8 Å². The molecule has 9 unspecified atom stereocenters. The average molecular weight is 550 g/mol. The molecular weight excluding hydrogens is 506 g/mol. The van der Waals surface area contributed by atoms with Gasteiger partial charge in [0.25, 0.3) is 0 Å². The van der Waals surface area contributed by atoms with Gasteiger partial charge in [-0.15, -0.1) is 0 Å². The fourth-order valence-corrected chi connectivity index (χ4v) is 7.70. The second-order valence-corrected chi connectivity index (χ2v) is 13.0. The van der Waals surface area contributed by atoms with Crippen LogP contribution in [0.1, 0.15) is 71.3 Å². The lowest BCUT2D eigenvalue weighted by Gasteiger charge is -2.38. The minimum atomic E-state index is -1.16. The van der Waals surface area contributed by atoms with Gasteiger partial charge in [0.05, 0.1) is 24.0 Å². The lowest BCUT2D eigenvalue weighted by atomic mass is 9.73. The molecule has 1 aliphatic carbocycles. The SMILES string of the molecule is CC(C)c1ccc(NC(=O)C2C3C=CC4(O3)C2C(=O)N(CC2CCCO2)C4C(=O)NC2CCCC(C)C2C)cc1. The van der Waals surface area contributed by atoms with Crippen molar-refractivity contribution in [2.45, 2.75) is 95.6 Å². The topological polar surface area (TPSA) is 97.0 Å². The zero-order chi connectivity index (χ0) is 28.2. The molecule has 4 fully saturated rings. The molecule has 2 bridgehead atoms. The number of nitrogens with zero attached hydrogens (tertiary/aromatic N) is 1. The Balaban J connectivity index is 1.27. The minimum absolute atomic E-state index is 0.0573. The number of hydrogen-bond donors (Lipinski definition) is 2. The van der Waals surface area contributed by atoms with E-state index in [0.717, 1.165) is 32.1 Å². The van der Waals surface area contributed by atoms with Crippen LogP contribution < -0.4 is 10.6 Å². The predicted molar refractivity (Wildman–Crippen MR) is 151 cm³/mol. The molecule has 9 atom stereocenters. The molecule has 0 radical (unpaired) electrons. The van der Waals surface area contributed by atoms with Gasteiger partial charge in [0, 0.05) is 24.9 Å². The Morgan fingerprint density at radius 2 is 1.85 bits per heavy atom. The van der Waals surface area contributed by atoms with Crippen LogP contribution in [-0.2, 0) is 23.9 Å². The van der Waals surface area contributed by atoms with E-state index in [1.807, 2.05) is 36.4 Å². The summed E-state index contributed by atoms with van der Waals surface area (Å²) >= 11 is 0. The fourth-order valence-electron chi connectivity index (χ4n) is 7.70. The normalized spacial score (nSPS) is 38.2. The summed E-state index contributed by atoms with van der Waals surface area (Å²) in [6.45, 7) is 9.69. The van der Waals surface area contributed by atoms with E-state index in [1.165, 1.54) is 5.56 Å². The summed E-state index contributed by atoms with van der Waals surface area (Å²) in [6.07, 6.45) is 8.06. The number of anilines is 1. The number of amides is 3. The first kappa shape index (κ1) is 27.5. The monoisotopic (exact) mass is 549 g/mol. The van der Waals surface area contributed by atoms with Crippen molar-refractivity contribution in [3.05, 3.63) is 42.0 Å². The smallest absolute Gasteiger partial charge is 0.246 e. The molecule has 1 saturated carbocycles. The maximum Gasteiger partial charge on any atom is 0.246 e. The summed E-state index contributed by atoms with van der Waals surface area (Å²) in [7, 11) is 0. The summed E-state index contributed by atoms with van der Waals surface area (Å²) in [5.74, 6) is -0.815. The molecule has 5 aliphatic rings. The molecule has 8 nitrogen and oxygen atoms in total. The number of ether oxygens (including phenoxy) is 2. The molecule has 1 aromatic rings. The van der Waals surface area contributed by atoms with Crippen molar-refractivity contribution in [3.63, 3.8) is 0 Å². The molecule has 0 aromatic heterocycles. The molecule has 3 amide bonds. The van der Waals surface area contributed by atoms with Crippen molar-refractivity contribution in [2.24, 2.45) is 23.7 Å². The van der Waals surface area contributed by atoms with Crippen LogP contribution >= 0.6 is 0 Å². The van der Waals surface area contributed by atoms with Crippen LogP contribution in [0, 0.1) is 23.7 Å². The Bertz CT molecular complexity index is 1180. The van der Waals surface area contributed by atoms with Crippen LogP contribution in [0.4, 0.5) is 5.69 Å². The van der Waals surface area contributed by atoms with E-state index >= 15 is 0 Å². The third-order valence-corrected chi connectivity index (χ3v) is 10.2. The van der Waals surface area contributed by atoms with Crippen LogP contribution in [0.3, 0.4) is 0 Å². The van der Waals surface area contributed by atoms with E-state index in [1.54, 1.807) is 4.90 Å². The molecule has 216 valence electrons. The number of likely N-dealkylation sites (tertiary alicyclic amines) is 1. The lowest BCUT2D eigenvalue weighted by molar-refractivity contribution is -0.143. The first-order valence-corrected chi connectivity index (χ1v) is 15.2. The van der Waals surface area contributed by atoms with E-state index in [0.29, 0.717) is 36.6 Å². The van der Waals surface area contributed by atoms with Gasteiger partial charge >= 0.3 is 0 Å². The first-order valence-electron chi connectivity index (χ1n) is 15.2. The number of nitrogens with one attached hydrogen (secondary N) is 2. The summed E-state index contributed by atoms with van der Waals surface area (Å²) in [5.41, 5.74) is 0.721. The number of carbonyl (C=O) groups excluding carboxylic acids is 3. The minimum Gasteiger partial charge on any atom is -0.376 e. The summed E-state index contributed by atoms with van der Waals surface area (Å²) < 4.78 is 12.4. The molecule has 1 aromatic carbocycles. The summed E-state index contributed by atoms with van der Waals surface area (Å²) in [5, 5.41) is 6.34. The van der Waals surface area contributed by atoms with Gasteiger partial charge in [0.15, 0.2) is 0 Å². The Labute approximate surface area is 237 Å². The van der Waals surface area contributed by atoms with Gasteiger partial charge in [-0.25, -0.2) is 0 Å². The molecular formula is C32H43N3O5. The molecule has 40 heavy (non-hydrogen) atoms. The van der Waals surface area contributed by atoms with Gasteiger partial charge in [0.1, 0.15) is 11.6 Å². The van der Waals surface area contributed by atoms with Crippen molar-refractivity contribution in [1.29, 1.82) is 0 Å². The maximum absolute atomic E-state index is 14.2. The highest BCUT2D eigenvalue weighted by molar-refractivity contribution is 6.02. The molecule has 3 saturated heterocycles. The third kappa shape index (κ3) is 4.57. The fraction of sp³-hybridized carbons (Fsp3) is 0.656. The molecule has 4 heterocycles. The van der Waals surface area contributed by atoms with Gasteiger partial charge in [-0.05, 0) is 54.7 Å². The highest BCUT2D eigenvalue weighted by atomic mass is 16.5. The summed E-state index contributed by atoms with van der Waals surface area (Å²) in [6, 6.07) is 7.04. The second-order valence-electron chi connectivity index (χ2n) is 13.0. The zero-order valence-electron chi connectivity index (χ0n) is 24.1. The van der Waals surface area contributed by atoms with E-state index in [2.05, 4.69) is 38.3 Å². The van der Waals surface area contributed by atoms with Gasteiger partial charge < -0.3 is 25.0 Å². The zero-order valence-corrected chi connectivity index (χ0v) is 24.1. The van der Waals surface area contributed by atoms with Crippen molar-refractivity contribution in [1.82, 2.24) is 10.2 Å². The van der Waals surface area contributed by atoms with E-state index in [-0.39, 0.29) is 29.9 Å². The highest BCUT2D eigenvalue weighted by Gasteiger charge is 2.73. The standard InChI is InChI=1S/C32H43N3O5/c1-18(2)21-10-12-22(13-11-21)33-29(36)26-25-14-15-32(40-25)27(26)31(38)35(17-23-8-6-16-39-23)28(32)30(37)34-24-9-5-7-19(3)20(24)4/h10-15,18-20,23-28H,5-9,16-17H2,1-4H3,(H,33,36)(H,34,37). The molecule has 6 rings (SSSR count). The Morgan fingerprint density at radius 1 is 1.07 bits per heavy atom. The molecule has 8 heteroatoms. The van der Waals surface area contributed by atoms with E-state index < -0.39 is 29.6 Å². The first-order chi connectivity index (χ1) is 19.2. The number of fused-ring (bicyclic) bond motifs is 1. The van der Waals surface area contributed by atoms with Crippen LogP contribution in [0.15, 0.2) is 36.4 Å². The van der Waals surface area contributed by atoms with E-state index in [4.69, 9.17) is 9.47 Å². The second kappa shape index (κ2) is 10.6. The van der Waals surface area contributed by atoms with Crippen LogP contribution in [0.2, 0.25) is 0 Å². The number of rotatable bonds is 7. The molecule has 1 spiro atoms. The van der Waals surface area contributed by atoms with Gasteiger partial charge in [-0.3, -0.25) is 14.4 Å². The van der Waals surface area contributed by atoms with Crippen LogP contribution in [-0.4, -0.2) is 65.7 Å². The highest BCUT2D eigenvalue weighted by Crippen LogP contribution is 2.55. The van der Waals surface area contributed by atoms with Crippen LogP contribution in [0.25, 0.3) is 0 Å². The summed E-state index contributed by atoms with van der Waals surface area (Å²) in [4.78, 5) is 43.7. The lowest BCUT2D eigenvalue weighted by Crippen LogP contribution is -2.58. The van der Waals surface area contributed by atoms with Crippen molar-refractivity contribution >= 4 is 23.4 Å². The van der Waals surface area contributed by atoms with Crippen molar-refractivity contribution < 1.29 is 23.9 Å². The third-order valence-electron chi connectivity index (χ3n) is 10.2. The number of benzene rings is 1. The number of hydrogen-bond acceptors (Lipinski definition) is 5. The Hall–Kier alpha value is -2.71. The average Bonchev–Trinajstić information content (AvgIpc) is 3.70. The van der Waals surface area contributed by atoms with Gasteiger partial charge in [-0.2, -0.15) is 0 Å². The van der Waals surface area contributed by atoms with Gasteiger partial charge in [0.2, 0.25) is 17.7 Å². The quantitative estimate of drug-likeness (QED) is 0.501. The van der Waals surface area contributed by atoms with Crippen molar-refractivity contribution in [3.8, 4) is 0 Å². The predicted octanol–water partition coefficient (Wildman–Crippen LogP) is 4.02. The van der Waals surface area contributed by atoms with Crippen LogP contribution in [0.5, 0.6) is 0 Å².